The number of esters is 1. The maximum atomic E-state index is 12.0. The molecule has 0 aliphatic carbocycles. The fourth-order valence-electron chi connectivity index (χ4n) is 1.87. The highest BCUT2D eigenvalue weighted by Crippen LogP contribution is 2.14. The summed E-state index contributed by atoms with van der Waals surface area (Å²) in [5.41, 5.74) is 0.725. The lowest BCUT2D eigenvalue weighted by Crippen LogP contribution is -2.24. The monoisotopic (exact) mass is 257 g/mol. The molecular formula is C13H11N3O3. The van der Waals surface area contributed by atoms with Crippen molar-refractivity contribution in [2.24, 2.45) is 0 Å². The molecule has 96 valence electrons. The van der Waals surface area contributed by atoms with E-state index >= 15 is 0 Å². The van der Waals surface area contributed by atoms with Crippen LogP contribution in [0.25, 0.3) is 11.0 Å². The SMILES string of the molecule is CCn1c(=O)c(C#N)nc2ccc(C(=O)OC)cc21. The van der Waals surface area contributed by atoms with Gasteiger partial charge in [0.1, 0.15) is 6.07 Å². The van der Waals surface area contributed by atoms with Crippen molar-refractivity contribution in [2.45, 2.75) is 13.5 Å². The Bertz CT molecular complexity index is 756. The molecule has 1 aromatic carbocycles. The molecule has 0 aliphatic rings. The number of methoxy groups -OCH3 is 1. The van der Waals surface area contributed by atoms with Crippen LogP contribution >= 0.6 is 0 Å². The first-order chi connectivity index (χ1) is 9.12. The van der Waals surface area contributed by atoms with E-state index in [1.807, 2.05) is 0 Å². The Hall–Kier alpha value is -2.68. The Kier molecular flexibility index (Phi) is 3.29. The predicted molar refractivity (Wildman–Crippen MR) is 67.7 cm³/mol. The average Bonchev–Trinajstić information content (AvgIpc) is 2.45. The highest BCUT2D eigenvalue weighted by atomic mass is 16.5. The van der Waals surface area contributed by atoms with E-state index < -0.39 is 11.5 Å². The Morgan fingerprint density at radius 2 is 2.26 bits per heavy atom. The molecule has 0 N–H and O–H groups in total. The lowest BCUT2D eigenvalue weighted by atomic mass is 10.2. The third-order valence-electron chi connectivity index (χ3n) is 2.79. The summed E-state index contributed by atoms with van der Waals surface area (Å²) >= 11 is 0. The van der Waals surface area contributed by atoms with Crippen LogP contribution in [0, 0.1) is 11.3 Å². The molecule has 0 atom stereocenters. The van der Waals surface area contributed by atoms with E-state index in [9.17, 15) is 9.59 Å². The Labute approximate surface area is 108 Å². The van der Waals surface area contributed by atoms with Crippen LogP contribution in [0.5, 0.6) is 0 Å². The molecule has 2 aromatic rings. The third-order valence-corrected chi connectivity index (χ3v) is 2.79. The standard InChI is InChI=1S/C13H11N3O3/c1-3-16-11-6-8(13(18)19-2)4-5-9(11)15-10(7-14)12(16)17/h4-6H,3H2,1-2H3. The van der Waals surface area contributed by atoms with Gasteiger partial charge in [0.25, 0.3) is 5.56 Å². The van der Waals surface area contributed by atoms with E-state index in [-0.39, 0.29) is 5.69 Å². The van der Waals surface area contributed by atoms with Crippen molar-refractivity contribution in [2.75, 3.05) is 7.11 Å². The zero-order valence-electron chi connectivity index (χ0n) is 10.5. The number of nitriles is 1. The summed E-state index contributed by atoms with van der Waals surface area (Å²) < 4.78 is 6.04. The third kappa shape index (κ3) is 2.06. The number of aryl methyl sites for hydroxylation is 1. The maximum absolute atomic E-state index is 12.0. The number of carbonyl (C=O) groups excluding carboxylic acids is 1. The Morgan fingerprint density at radius 1 is 1.53 bits per heavy atom. The number of nitrogens with zero attached hydrogens (tertiary/aromatic N) is 3. The number of carbonyl (C=O) groups is 1. The van der Waals surface area contributed by atoms with Gasteiger partial charge in [0.05, 0.1) is 23.7 Å². The number of hydrogen-bond acceptors (Lipinski definition) is 5. The van der Waals surface area contributed by atoms with Crippen molar-refractivity contribution < 1.29 is 9.53 Å². The normalized spacial score (nSPS) is 10.2. The van der Waals surface area contributed by atoms with Crippen molar-refractivity contribution in [1.82, 2.24) is 9.55 Å². The summed E-state index contributed by atoms with van der Waals surface area (Å²) in [6, 6.07) is 6.46. The van der Waals surface area contributed by atoms with Crippen LogP contribution in [0.15, 0.2) is 23.0 Å². The first-order valence-electron chi connectivity index (χ1n) is 5.65. The van der Waals surface area contributed by atoms with Gasteiger partial charge in [-0.2, -0.15) is 5.26 Å². The number of hydrogen-bond donors (Lipinski definition) is 0. The van der Waals surface area contributed by atoms with E-state index in [0.717, 1.165) is 0 Å². The number of benzene rings is 1. The molecule has 19 heavy (non-hydrogen) atoms. The van der Waals surface area contributed by atoms with E-state index in [1.54, 1.807) is 31.2 Å². The Balaban J connectivity index is 2.83. The van der Waals surface area contributed by atoms with Gasteiger partial charge in [-0.05, 0) is 25.1 Å². The van der Waals surface area contributed by atoms with Crippen LogP contribution in [0.3, 0.4) is 0 Å². The van der Waals surface area contributed by atoms with Gasteiger partial charge < -0.3 is 9.30 Å². The van der Waals surface area contributed by atoms with Gasteiger partial charge in [-0.1, -0.05) is 0 Å². The van der Waals surface area contributed by atoms with Gasteiger partial charge in [0.15, 0.2) is 0 Å². The van der Waals surface area contributed by atoms with Crippen molar-refractivity contribution >= 4 is 17.0 Å². The van der Waals surface area contributed by atoms with E-state index in [2.05, 4.69) is 9.72 Å². The smallest absolute Gasteiger partial charge is 0.337 e. The summed E-state index contributed by atoms with van der Waals surface area (Å²) in [5, 5.41) is 8.88. The minimum Gasteiger partial charge on any atom is -0.465 e. The van der Waals surface area contributed by atoms with Crippen LogP contribution in [0.2, 0.25) is 0 Å². The van der Waals surface area contributed by atoms with Crippen LogP contribution in [-0.4, -0.2) is 22.6 Å². The average molecular weight is 257 g/mol. The maximum Gasteiger partial charge on any atom is 0.337 e. The fraction of sp³-hybridized carbons (Fsp3) is 0.231. The van der Waals surface area contributed by atoms with Gasteiger partial charge in [0.2, 0.25) is 5.69 Å². The topological polar surface area (TPSA) is 85.0 Å². The van der Waals surface area contributed by atoms with Gasteiger partial charge in [-0.15, -0.1) is 0 Å². The zero-order chi connectivity index (χ0) is 14.0. The molecule has 0 saturated heterocycles. The fourth-order valence-corrected chi connectivity index (χ4v) is 1.87. The van der Waals surface area contributed by atoms with E-state index in [4.69, 9.17) is 5.26 Å². The predicted octanol–water partition coefficient (Wildman–Crippen LogP) is 1.07. The quantitative estimate of drug-likeness (QED) is 0.751. The van der Waals surface area contributed by atoms with Crippen LogP contribution in [0.4, 0.5) is 0 Å². The van der Waals surface area contributed by atoms with Gasteiger partial charge in [-0.25, -0.2) is 9.78 Å². The molecule has 0 aliphatic heterocycles. The van der Waals surface area contributed by atoms with Gasteiger partial charge in [0, 0.05) is 6.54 Å². The molecule has 0 spiro atoms. The summed E-state index contributed by atoms with van der Waals surface area (Å²) in [6.45, 7) is 2.17. The van der Waals surface area contributed by atoms with E-state index in [1.165, 1.54) is 11.7 Å². The van der Waals surface area contributed by atoms with Crippen molar-refractivity contribution in [3.8, 4) is 6.07 Å². The molecular weight excluding hydrogens is 246 g/mol. The second kappa shape index (κ2) is 4.90. The van der Waals surface area contributed by atoms with Crippen molar-refractivity contribution in [1.29, 1.82) is 5.26 Å². The van der Waals surface area contributed by atoms with Gasteiger partial charge >= 0.3 is 5.97 Å². The molecule has 6 nitrogen and oxygen atoms in total. The number of fused-ring (bicyclic) bond motifs is 1. The minimum atomic E-state index is -0.485. The summed E-state index contributed by atoms with van der Waals surface area (Å²) in [6.07, 6.45) is 0. The summed E-state index contributed by atoms with van der Waals surface area (Å²) in [7, 11) is 1.29. The molecule has 0 saturated carbocycles. The molecule has 0 amide bonds. The van der Waals surface area contributed by atoms with Crippen molar-refractivity contribution in [3.05, 3.63) is 39.8 Å². The lowest BCUT2D eigenvalue weighted by Gasteiger charge is -2.08. The van der Waals surface area contributed by atoms with Crippen LogP contribution in [0.1, 0.15) is 23.0 Å². The largest absolute Gasteiger partial charge is 0.465 e. The first-order valence-corrected chi connectivity index (χ1v) is 5.65. The first kappa shape index (κ1) is 12.8. The summed E-state index contributed by atoms with van der Waals surface area (Å²) in [4.78, 5) is 27.4. The molecule has 6 heteroatoms. The second-order valence-electron chi connectivity index (χ2n) is 3.82. The minimum absolute atomic E-state index is 0.153. The molecule has 0 radical (unpaired) electrons. The highest BCUT2D eigenvalue weighted by Gasteiger charge is 2.12. The molecule has 2 rings (SSSR count). The van der Waals surface area contributed by atoms with Crippen LogP contribution in [-0.2, 0) is 11.3 Å². The Morgan fingerprint density at radius 3 is 2.84 bits per heavy atom. The zero-order valence-corrected chi connectivity index (χ0v) is 10.5. The van der Waals surface area contributed by atoms with Gasteiger partial charge in [-0.3, -0.25) is 4.79 Å². The molecule has 1 aromatic heterocycles. The number of rotatable bonds is 2. The van der Waals surface area contributed by atoms with Crippen LogP contribution < -0.4 is 5.56 Å². The van der Waals surface area contributed by atoms with Crippen molar-refractivity contribution in [3.63, 3.8) is 0 Å². The van der Waals surface area contributed by atoms with E-state index in [0.29, 0.717) is 23.1 Å². The highest BCUT2D eigenvalue weighted by molar-refractivity contribution is 5.93. The summed E-state index contributed by atoms with van der Waals surface area (Å²) in [5.74, 6) is -0.485. The molecule has 0 unspecified atom stereocenters. The second-order valence-corrected chi connectivity index (χ2v) is 3.82. The molecule has 0 fully saturated rings. The number of ether oxygens (including phenoxy) is 1. The molecule has 1 heterocycles. The number of aromatic nitrogens is 2. The lowest BCUT2D eigenvalue weighted by molar-refractivity contribution is 0.0601. The molecule has 0 bridgehead atoms.